The van der Waals surface area contributed by atoms with Crippen LogP contribution in [0.4, 0.5) is 5.69 Å². The van der Waals surface area contributed by atoms with E-state index in [2.05, 4.69) is 37.4 Å². The van der Waals surface area contributed by atoms with E-state index in [0.29, 0.717) is 6.61 Å². The number of anilines is 1. The third-order valence-electron chi connectivity index (χ3n) is 3.13. The number of hydrogen-bond acceptors (Lipinski definition) is 3. The van der Waals surface area contributed by atoms with E-state index in [4.69, 9.17) is 9.47 Å². The van der Waals surface area contributed by atoms with Crippen LogP contribution < -0.4 is 14.8 Å². The van der Waals surface area contributed by atoms with E-state index in [0.717, 1.165) is 23.7 Å². The lowest BCUT2D eigenvalue weighted by molar-refractivity contribution is 0.306. The van der Waals surface area contributed by atoms with Gasteiger partial charge in [-0.1, -0.05) is 29.8 Å². The molecular formula is C17H21NO2. The molecule has 0 radical (unpaired) electrons. The molecule has 0 aliphatic rings. The third-order valence-corrected chi connectivity index (χ3v) is 3.13. The predicted molar refractivity (Wildman–Crippen MR) is 82.9 cm³/mol. The zero-order valence-electron chi connectivity index (χ0n) is 12.3. The van der Waals surface area contributed by atoms with Gasteiger partial charge < -0.3 is 14.8 Å². The highest BCUT2D eigenvalue weighted by Crippen LogP contribution is 2.25. The first kappa shape index (κ1) is 14.3. The Labute approximate surface area is 120 Å². The Morgan fingerprint density at radius 1 is 1.00 bits per heavy atom. The monoisotopic (exact) mass is 271 g/mol. The van der Waals surface area contributed by atoms with Gasteiger partial charge in [0.2, 0.25) is 0 Å². The Bertz CT molecular complexity index is 567. The van der Waals surface area contributed by atoms with Crippen molar-refractivity contribution >= 4 is 5.69 Å². The normalized spacial score (nSPS) is 10.2. The lowest BCUT2D eigenvalue weighted by atomic mass is 10.1. The van der Waals surface area contributed by atoms with Crippen LogP contribution in [0.25, 0.3) is 0 Å². The van der Waals surface area contributed by atoms with E-state index in [1.807, 2.05) is 24.3 Å². The summed E-state index contributed by atoms with van der Waals surface area (Å²) in [6.45, 7) is 5.55. The molecule has 0 bridgehead atoms. The first-order chi connectivity index (χ1) is 9.70. The fourth-order valence-electron chi connectivity index (χ4n) is 2.10. The van der Waals surface area contributed by atoms with E-state index < -0.39 is 0 Å². The second-order valence-corrected chi connectivity index (χ2v) is 4.74. The highest BCUT2D eigenvalue weighted by Gasteiger charge is 2.02. The second-order valence-electron chi connectivity index (χ2n) is 4.74. The molecule has 0 aliphatic carbocycles. The average molecular weight is 271 g/mol. The number of hydrogen-bond donors (Lipinski definition) is 1. The summed E-state index contributed by atoms with van der Waals surface area (Å²) in [7, 11) is 1.65. The van der Waals surface area contributed by atoms with Crippen LogP contribution in [0, 0.1) is 13.8 Å². The molecule has 2 aromatic carbocycles. The van der Waals surface area contributed by atoms with Crippen LogP contribution in [0.1, 0.15) is 11.1 Å². The first-order valence-electron chi connectivity index (χ1n) is 6.77. The molecule has 0 aliphatic heterocycles. The van der Waals surface area contributed by atoms with Crippen molar-refractivity contribution in [2.24, 2.45) is 0 Å². The van der Waals surface area contributed by atoms with Gasteiger partial charge >= 0.3 is 0 Å². The summed E-state index contributed by atoms with van der Waals surface area (Å²) >= 11 is 0. The maximum atomic E-state index is 5.73. The third kappa shape index (κ3) is 3.67. The molecule has 0 atom stereocenters. The maximum absolute atomic E-state index is 5.73. The van der Waals surface area contributed by atoms with Crippen LogP contribution in [0.3, 0.4) is 0 Å². The Kier molecular flexibility index (Phi) is 4.88. The maximum Gasteiger partial charge on any atom is 0.161 e. The van der Waals surface area contributed by atoms with Crippen molar-refractivity contribution in [2.75, 3.05) is 25.6 Å². The van der Waals surface area contributed by atoms with Gasteiger partial charge in [0, 0.05) is 12.2 Å². The van der Waals surface area contributed by atoms with Crippen molar-refractivity contribution in [3.8, 4) is 11.5 Å². The predicted octanol–water partition coefficient (Wildman–Crippen LogP) is 3.80. The minimum Gasteiger partial charge on any atom is -0.493 e. The smallest absolute Gasteiger partial charge is 0.161 e. The number of methoxy groups -OCH3 is 1. The van der Waals surface area contributed by atoms with Crippen molar-refractivity contribution in [3.05, 3.63) is 53.6 Å². The van der Waals surface area contributed by atoms with E-state index in [9.17, 15) is 0 Å². The molecular weight excluding hydrogens is 250 g/mol. The first-order valence-corrected chi connectivity index (χ1v) is 6.77. The zero-order valence-corrected chi connectivity index (χ0v) is 12.3. The molecule has 0 saturated carbocycles. The number of rotatable bonds is 6. The molecule has 0 spiro atoms. The van der Waals surface area contributed by atoms with Gasteiger partial charge in [0.05, 0.1) is 7.11 Å². The Morgan fingerprint density at radius 3 is 2.45 bits per heavy atom. The summed E-state index contributed by atoms with van der Waals surface area (Å²) < 4.78 is 11.0. The number of aryl methyl sites for hydroxylation is 2. The Morgan fingerprint density at radius 2 is 1.75 bits per heavy atom. The molecule has 2 aromatic rings. The van der Waals surface area contributed by atoms with Gasteiger partial charge in [0.1, 0.15) is 6.61 Å². The van der Waals surface area contributed by atoms with Gasteiger partial charge in [-0.05, 0) is 37.6 Å². The van der Waals surface area contributed by atoms with Crippen LogP contribution in [0.5, 0.6) is 11.5 Å². The standard InChI is InChI=1S/C17H21NO2/c1-13-8-9-15(14(2)12-13)18-10-11-20-17-7-5-4-6-16(17)19-3/h4-9,12,18H,10-11H2,1-3H3. The SMILES string of the molecule is COc1ccccc1OCCNc1ccc(C)cc1C. The van der Waals surface area contributed by atoms with Crippen molar-refractivity contribution in [3.63, 3.8) is 0 Å². The Balaban J connectivity index is 1.84. The molecule has 3 heteroatoms. The van der Waals surface area contributed by atoms with E-state index in [1.165, 1.54) is 11.1 Å². The molecule has 0 heterocycles. The fourth-order valence-corrected chi connectivity index (χ4v) is 2.10. The quantitative estimate of drug-likeness (QED) is 0.811. The van der Waals surface area contributed by atoms with Crippen LogP contribution in [-0.2, 0) is 0 Å². The lowest BCUT2D eigenvalue weighted by Crippen LogP contribution is -2.12. The Hall–Kier alpha value is -2.16. The van der Waals surface area contributed by atoms with Crippen LogP contribution in [-0.4, -0.2) is 20.3 Å². The molecule has 1 N–H and O–H groups in total. The van der Waals surface area contributed by atoms with E-state index >= 15 is 0 Å². The molecule has 0 fully saturated rings. The zero-order chi connectivity index (χ0) is 14.4. The summed E-state index contributed by atoms with van der Waals surface area (Å²) in [5.74, 6) is 1.54. The van der Waals surface area contributed by atoms with Crippen molar-refractivity contribution in [2.45, 2.75) is 13.8 Å². The van der Waals surface area contributed by atoms with Crippen molar-refractivity contribution in [1.29, 1.82) is 0 Å². The number of benzene rings is 2. The van der Waals surface area contributed by atoms with Crippen LogP contribution >= 0.6 is 0 Å². The number of ether oxygens (including phenoxy) is 2. The second kappa shape index (κ2) is 6.85. The lowest BCUT2D eigenvalue weighted by Gasteiger charge is -2.12. The fraction of sp³-hybridized carbons (Fsp3) is 0.294. The van der Waals surface area contributed by atoms with Gasteiger partial charge in [-0.2, -0.15) is 0 Å². The van der Waals surface area contributed by atoms with Gasteiger partial charge in [-0.3, -0.25) is 0 Å². The summed E-state index contributed by atoms with van der Waals surface area (Å²) in [6.07, 6.45) is 0. The van der Waals surface area contributed by atoms with Crippen molar-refractivity contribution in [1.82, 2.24) is 0 Å². The minimum absolute atomic E-state index is 0.591. The summed E-state index contributed by atoms with van der Waals surface area (Å²) in [6, 6.07) is 14.1. The topological polar surface area (TPSA) is 30.5 Å². The highest BCUT2D eigenvalue weighted by atomic mass is 16.5. The molecule has 0 aromatic heterocycles. The molecule has 106 valence electrons. The van der Waals surface area contributed by atoms with E-state index in [1.54, 1.807) is 7.11 Å². The molecule has 0 unspecified atom stereocenters. The molecule has 3 nitrogen and oxygen atoms in total. The van der Waals surface area contributed by atoms with Crippen LogP contribution in [0.2, 0.25) is 0 Å². The number of nitrogens with one attached hydrogen (secondary N) is 1. The molecule has 20 heavy (non-hydrogen) atoms. The molecule has 0 saturated heterocycles. The molecule has 2 rings (SSSR count). The molecule has 0 amide bonds. The number of para-hydroxylation sites is 2. The van der Waals surface area contributed by atoms with Gasteiger partial charge in [0.15, 0.2) is 11.5 Å². The minimum atomic E-state index is 0.591. The van der Waals surface area contributed by atoms with Gasteiger partial charge in [-0.15, -0.1) is 0 Å². The summed E-state index contributed by atoms with van der Waals surface area (Å²) in [5.41, 5.74) is 3.68. The highest BCUT2D eigenvalue weighted by molar-refractivity contribution is 5.51. The van der Waals surface area contributed by atoms with Crippen molar-refractivity contribution < 1.29 is 9.47 Å². The largest absolute Gasteiger partial charge is 0.493 e. The average Bonchev–Trinajstić information content (AvgIpc) is 2.46. The van der Waals surface area contributed by atoms with Gasteiger partial charge in [-0.25, -0.2) is 0 Å². The summed E-state index contributed by atoms with van der Waals surface area (Å²) in [4.78, 5) is 0. The van der Waals surface area contributed by atoms with Crippen LogP contribution in [0.15, 0.2) is 42.5 Å². The summed E-state index contributed by atoms with van der Waals surface area (Å²) in [5, 5.41) is 3.38. The van der Waals surface area contributed by atoms with Gasteiger partial charge in [0.25, 0.3) is 0 Å². The van der Waals surface area contributed by atoms with E-state index in [-0.39, 0.29) is 0 Å².